The maximum absolute atomic E-state index is 6.06. The largest absolute Gasteiger partial charge is 0.493 e. The fourth-order valence-corrected chi connectivity index (χ4v) is 2.27. The Morgan fingerprint density at radius 3 is 3.05 bits per heavy atom. The summed E-state index contributed by atoms with van der Waals surface area (Å²) in [5.74, 6) is 0.911. The van der Waals surface area contributed by atoms with Crippen LogP contribution < -0.4 is 10.1 Å². The minimum absolute atomic E-state index is 0.681. The second kappa shape index (κ2) is 8.70. The smallest absolute Gasteiger partial charge is 0.123 e. The number of benzene rings is 1. The molecule has 0 aliphatic heterocycles. The average molecular weight is 308 g/mol. The van der Waals surface area contributed by atoms with Crippen LogP contribution in [-0.4, -0.2) is 22.7 Å². The van der Waals surface area contributed by atoms with Crippen molar-refractivity contribution in [1.82, 2.24) is 14.9 Å². The molecule has 0 amide bonds. The molecule has 1 heterocycles. The Kier molecular flexibility index (Phi) is 6.57. The van der Waals surface area contributed by atoms with E-state index < -0.39 is 0 Å². The normalized spacial score (nSPS) is 10.8. The number of hydrogen-bond acceptors (Lipinski definition) is 3. The van der Waals surface area contributed by atoms with E-state index in [-0.39, 0.29) is 0 Å². The number of aryl methyl sites for hydroxylation is 1. The van der Waals surface area contributed by atoms with Gasteiger partial charge in [-0.05, 0) is 37.6 Å². The molecule has 0 fully saturated rings. The van der Waals surface area contributed by atoms with E-state index in [2.05, 4.69) is 21.8 Å². The molecule has 1 aromatic carbocycles. The van der Waals surface area contributed by atoms with Gasteiger partial charge in [0.05, 0.1) is 12.9 Å². The van der Waals surface area contributed by atoms with Gasteiger partial charge in [0.1, 0.15) is 5.75 Å². The summed E-state index contributed by atoms with van der Waals surface area (Å²) < 4.78 is 7.94. The van der Waals surface area contributed by atoms with Gasteiger partial charge in [-0.1, -0.05) is 18.5 Å². The van der Waals surface area contributed by atoms with E-state index in [1.54, 1.807) is 6.20 Å². The van der Waals surface area contributed by atoms with Crippen molar-refractivity contribution in [3.63, 3.8) is 0 Å². The number of ether oxygens (including phenoxy) is 1. The fourth-order valence-electron chi connectivity index (χ4n) is 2.08. The third-order valence-electron chi connectivity index (χ3n) is 3.14. The van der Waals surface area contributed by atoms with Crippen LogP contribution >= 0.6 is 11.6 Å². The minimum Gasteiger partial charge on any atom is -0.493 e. The summed E-state index contributed by atoms with van der Waals surface area (Å²) in [7, 11) is 0. The molecule has 0 unspecified atom stereocenters. The van der Waals surface area contributed by atoms with Crippen molar-refractivity contribution in [2.75, 3.05) is 13.2 Å². The summed E-state index contributed by atoms with van der Waals surface area (Å²) in [6.07, 6.45) is 7.63. The monoisotopic (exact) mass is 307 g/mol. The standard InChI is InChI=1S/C16H22ClN3O/c1-2-6-18-12-14-11-15(17)4-5-16(14)21-10-3-8-20-9-7-19-13-20/h4-5,7,9,11,13,18H,2-3,6,8,10,12H2,1H3. The van der Waals surface area contributed by atoms with Gasteiger partial charge in [0.2, 0.25) is 0 Å². The molecule has 0 spiro atoms. The second-order valence-electron chi connectivity index (χ2n) is 4.93. The number of nitrogens with one attached hydrogen (secondary N) is 1. The lowest BCUT2D eigenvalue weighted by molar-refractivity contribution is 0.298. The van der Waals surface area contributed by atoms with Gasteiger partial charge in [0.25, 0.3) is 0 Å². The van der Waals surface area contributed by atoms with Crippen LogP contribution in [0.4, 0.5) is 0 Å². The van der Waals surface area contributed by atoms with Crippen molar-refractivity contribution in [2.45, 2.75) is 32.9 Å². The van der Waals surface area contributed by atoms with Gasteiger partial charge in [-0.3, -0.25) is 0 Å². The molecular weight excluding hydrogens is 286 g/mol. The van der Waals surface area contributed by atoms with E-state index in [9.17, 15) is 0 Å². The number of aromatic nitrogens is 2. The number of rotatable bonds is 9. The van der Waals surface area contributed by atoms with Gasteiger partial charge in [-0.15, -0.1) is 0 Å². The Bertz CT molecular complexity index is 528. The molecule has 0 saturated carbocycles. The van der Waals surface area contributed by atoms with Crippen LogP contribution in [0.5, 0.6) is 5.75 Å². The van der Waals surface area contributed by atoms with Gasteiger partial charge in [0, 0.05) is 36.1 Å². The minimum atomic E-state index is 0.681. The number of halogens is 1. The molecule has 21 heavy (non-hydrogen) atoms. The number of hydrogen-bond donors (Lipinski definition) is 1. The van der Waals surface area contributed by atoms with Gasteiger partial charge in [-0.25, -0.2) is 4.98 Å². The van der Waals surface area contributed by atoms with E-state index in [0.29, 0.717) is 6.61 Å². The van der Waals surface area contributed by atoms with Crippen LogP contribution in [0.15, 0.2) is 36.9 Å². The first-order valence-corrected chi connectivity index (χ1v) is 7.75. The molecule has 0 radical (unpaired) electrons. The van der Waals surface area contributed by atoms with Gasteiger partial charge < -0.3 is 14.6 Å². The highest BCUT2D eigenvalue weighted by Gasteiger charge is 2.04. The zero-order valence-electron chi connectivity index (χ0n) is 12.4. The van der Waals surface area contributed by atoms with Gasteiger partial charge >= 0.3 is 0 Å². The highest BCUT2D eigenvalue weighted by molar-refractivity contribution is 6.30. The average Bonchev–Trinajstić information content (AvgIpc) is 2.99. The van der Waals surface area contributed by atoms with Crippen LogP contribution in [-0.2, 0) is 13.1 Å². The van der Waals surface area contributed by atoms with Crippen LogP contribution in [0.25, 0.3) is 0 Å². The lowest BCUT2D eigenvalue weighted by Crippen LogP contribution is -2.15. The molecule has 0 atom stereocenters. The van der Waals surface area contributed by atoms with E-state index in [0.717, 1.165) is 48.8 Å². The molecule has 5 heteroatoms. The molecule has 0 saturated heterocycles. The van der Waals surface area contributed by atoms with E-state index in [4.69, 9.17) is 16.3 Å². The van der Waals surface area contributed by atoms with Crippen molar-refractivity contribution in [3.8, 4) is 5.75 Å². The zero-order chi connectivity index (χ0) is 14.9. The Hall–Kier alpha value is -1.52. The maximum Gasteiger partial charge on any atom is 0.123 e. The highest BCUT2D eigenvalue weighted by atomic mass is 35.5. The van der Waals surface area contributed by atoms with Crippen LogP contribution in [0.2, 0.25) is 5.02 Å². The zero-order valence-corrected chi connectivity index (χ0v) is 13.1. The molecular formula is C16H22ClN3O. The summed E-state index contributed by atoms with van der Waals surface area (Å²) in [6, 6.07) is 5.79. The Morgan fingerprint density at radius 2 is 2.29 bits per heavy atom. The van der Waals surface area contributed by atoms with Crippen molar-refractivity contribution in [1.29, 1.82) is 0 Å². The van der Waals surface area contributed by atoms with Crippen molar-refractivity contribution in [3.05, 3.63) is 47.5 Å². The molecule has 1 N–H and O–H groups in total. The molecule has 0 aliphatic carbocycles. The van der Waals surface area contributed by atoms with Crippen molar-refractivity contribution < 1.29 is 4.74 Å². The highest BCUT2D eigenvalue weighted by Crippen LogP contribution is 2.23. The predicted molar refractivity (Wildman–Crippen MR) is 85.8 cm³/mol. The third-order valence-corrected chi connectivity index (χ3v) is 3.38. The molecule has 2 aromatic rings. The first-order chi connectivity index (χ1) is 10.3. The van der Waals surface area contributed by atoms with E-state index in [1.165, 1.54) is 0 Å². The maximum atomic E-state index is 6.06. The topological polar surface area (TPSA) is 39.1 Å². The van der Waals surface area contributed by atoms with Gasteiger partial charge in [0.15, 0.2) is 0 Å². The Morgan fingerprint density at radius 1 is 1.38 bits per heavy atom. The first-order valence-electron chi connectivity index (χ1n) is 7.37. The van der Waals surface area contributed by atoms with Crippen LogP contribution in [0, 0.1) is 0 Å². The lowest BCUT2D eigenvalue weighted by Gasteiger charge is -2.13. The SMILES string of the molecule is CCCNCc1cc(Cl)ccc1OCCCn1ccnc1. The number of imidazole rings is 1. The molecule has 2 rings (SSSR count). The van der Waals surface area contributed by atoms with Gasteiger partial charge in [-0.2, -0.15) is 0 Å². The predicted octanol–water partition coefficient (Wildman–Crippen LogP) is 3.51. The fraction of sp³-hybridized carbons (Fsp3) is 0.438. The second-order valence-corrected chi connectivity index (χ2v) is 5.37. The summed E-state index contributed by atoms with van der Waals surface area (Å²) >= 11 is 6.06. The summed E-state index contributed by atoms with van der Waals surface area (Å²) in [4.78, 5) is 4.02. The molecule has 0 aliphatic rings. The molecule has 1 aromatic heterocycles. The lowest BCUT2D eigenvalue weighted by atomic mass is 10.2. The molecule has 0 bridgehead atoms. The van der Waals surface area contributed by atoms with E-state index >= 15 is 0 Å². The molecule has 4 nitrogen and oxygen atoms in total. The summed E-state index contributed by atoms with van der Waals surface area (Å²) in [6.45, 7) is 5.52. The van der Waals surface area contributed by atoms with Crippen molar-refractivity contribution >= 4 is 11.6 Å². The summed E-state index contributed by atoms with van der Waals surface area (Å²) in [5.41, 5.74) is 1.11. The quantitative estimate of drug-likeness (QED) is 0.721. The third kappa shape index (κ3) is 5.40. The molecule has 114 valence electrons. The Labute approximate surface area is 131 Å². The number of nitrogens with zero attached hydrogens (tertiary/aromatic N) is 2. The Balaban J connectivity index is 1.83. The van der Waals surface area contributed by atoms with Crippen LogP contribution in [0.3, 0.4) is 0 Å². The van der Waals surface area contributed by atoms with Crippen molar-refractivity contribution in [2.24, 2.45) is 0 Å². The summed E-state index contributed by atoms with van der Waals surface area (Å²) in [5, 5.41) is 4.13. The first kappa shape index (κ1) is 15.9. The van der Waals surface area contributed by atoms with E-state index in [1.807, 2.05) is 30.7 Å². The van der Waals surface area contributed by atoms with Crippen LogP contribution in [0.1, 0.15) is 25.3 Å².